The van der Waals surface area contributed by atoms with Gasteiger partial charge in [-0.05, 0) is 6.42 Å². The summed E-state index contributed by atoms with van der Waals surface area (Å²) in [6.45, 7) is 0. The number of carboxylic acids is 3. The van der Waals surface area contributed by atoms with E-state index in [0.717, 1.165) is 0 Å². The Kier molecular flexibility index (Phi) is 4.95. The molecule has 86 valence electrons. The van der Waals surface area contributed by atoms with E-state index in [4.69, 9.17) is 15.3 Å². The van der Waals surface area contributed by atoms with Gasteiger partial charge >= 0.3 is 17.9 Å². The van der Waals surface area contributed by atoms with Crippen molar-refractivity contribution in [2.24, 2.45) is 0 Å². The molecule has 0 saturated heterocycles. The smallest absolute Gasteiger partial charge is 0.321 e. The molecule has 0 radical (unpaired) electrons. The molecule has 0 spiro atoms. The van der Waals surface area contributed by atoms with Gasteiger partial charge in [0.25, 0.3) is 0 Å². The minimum Gasteiger partial charge on any atom is -0.481 e. The van der Waals surface area contributed by atoms with E-state index in [0.29, 0.717) is 0 Å². The zero-order valence-electron chi connectivity index (χ0n) is 7.45. The van der Waals surface area contributed by atoms with E-state index < -0.39 is 40.7 Å². The fraction of sp³-hybridized carbons (Fsp3) is 0.571. The second kappa shape index (κ2) is 5.26. The third-order valence-electron chi connectivity index (χ3n) is 1.78. The van der Waals surface area contributed by atoms with Gasteiger partial charge in [-0.25, -0.2) is 0 Å². The normalized spacial score (nSPS) is 16.4. The Balaban J connectivity index is 4.81. The number of aliphatic carboxylic acids is 3. The number of thiol groups is 2. The zero-order valence-corrected chi connectivity index (χ0v) is 9.24. The van der Waals surface area contributed by atoms with Crippen LogP contribution in [0.15, 0.2) is 0 Å². The third kappa shape index (κ3) is 3.63. The molecule has 0 amide bonds. The van der Waals surface area contributed by atoms with E-state index in [2.05, 4.69) is 25.3 Å². The Labute approximate surface area is 96.1 Å². The molecule has 6 nitrogen and oxygen atoms in total. The second-order valence-corrected chi connectivity index (χ2v) is 4.18. The standard InChI is InChI=1S/C7H10O6S2/c8-3(9)1-2-7(15,6(12)13)4(14)5(10)11/h4,14-15H,1-2H2,(H,8,9)(H,10,11)(H,12,13). The largest absolute Gasteiger partial charge is 0.481 e. The fourth-order valence-electron chi connectivity index (χ4n) is 0.862. The molecule has 0 heterocycles. The van der Waals surface area contributed by atoms with Crippen LogP contribution in [0, 0.1) is 0 Å². The van der Waals surface area contributed by atoms with Gasteiger partial charge in [-0.1, -0.05) is 0 Å². The molecule has 0 aromatic carbocycles. The molecule has 0 aliphatic heterocycles. The van der Waals surface area contributed by atoms with E-state index in [9.17, 15) is 14.4 Å². The Morgan fingerprint density at radius 3 is 1.93 bits per heavy atom. The minimum absolute atomic E-state index is 0.415. The van der Waals surface area contributed by atoms with Crippen LogP contribution in [0.25, 0.3) is 0 Å². The predicted molar refractivity (Wildman–Crippen MR) is 56.6 cm³/mol. The fourth-order valence-corrected chi connectivity index (χ4v) is 1.32. The van der Waals surface area contributed by atoms with Crippen LogP contribution in [0.3, 0.4) is 0 Å². The van der Waals surface area contributed by atoms with Gasteiger partial charge in [0.15, 0.2) is 0 Å². The lowest BCUT2D eigenvalue weighted by Gasteiger charge is -2.26. The van der Waals surface area contributed by atoms with Crippen LogP contribution < -0.4 is 0 Å². The van der Waals surface area contributed by atoms with Gasteiger partial charge in [0.1, 0.15) is 10.00 Å². The van der Waals surface area contributed by atoms with Crippen molar-refractivity contribution in [3.05, 3.63) is 0 Å². The number of carbonyl (C=O) groups is 3. The SMILES string of the molecule is O=C(O)CCC(S)(C(=O)O)C(S)C(=O)O. The molecule has 15 heavy (non-hydrogen) atoms. The number of hydrogen-bond acceptors (Lipinski definition) is 5. The van der Waals surface area contributed by atoms with Gasteiger partial charge in [0, 0.05) is 6.42 Å². The van der Waals surface area contributed by atoms with E-state index in [1.54, 1.807) is 0 Å². The molecule has 0 rings (SSSR count). The number of rotatable bonds is 6. The third-order valence-corrected chi connectivity index (χ3v) is 3.32. The summed E-state index contributed by atoms with van der Waals surface area (Å²) in [4.78, 5) is 31.6. The van der Waals surface area contributed by atoms with Crippen LogP contribution in [0.4, 0.5) is 0 Å². The maximum atomic E-state index is 10.8. The summed E-state index contributed by atoms with van der Waals surface area (Å²) >= 11 is 7.30. The highest BCUT2D eigenvalue weighted by Crippen LogP contribution is 2.30. The summed E-state index contributed by atoms with van der Waals surface area (Å²) in [5.74, 6) is -4.18. The van der Waals surface area contributed by atoms with Crippen LogP contribution in [-0.2, 0) is 14.4 Å². The second-order valence-electron chi connectivity index (χ2n) is 2.86. The van der Waals surface area contributed by atoms with Crippen molar-refractivity contribution < 1.29 is 29.7 Å². The van der Waals surface area contributed by atoms with Crippen molar-refractivity contribution in [1.82, 2.24) is 0 Å². The van der Waals surface area contributed by atoms with Crippen LogP contribution in [-0.4, -0.2) is 43.2 Å². The molecular weight excluding hydrogens is 244 g/mol. The molecule has 0 aliphatic carbocycles. The highest BCUT2D eigenvalue weighted by Gasteiger charge is 2.45. The maximum Gasteiger partial charge on any atom is 0.321 e. The van der Waals surface area contributed by atoms with Gasteiger partial charge < -0.3 is 15.3 Å². The van der Waals surface area contributed by atoms with Crippen molar-refractivity contribution in [3.8, 4) is 0 Å². The first-order chi connectivity index (χ1) is 6.71. The summed E-state index contributed by atoms with van der Waals surface area (Å²) in [6, 6.07) is 0. The first-order valence-corrected chi connectivity index (χ1v) is 4.76. The molecule has 0 aromatic rings. The highest BCUT2D eigenvalue weighted by atomic mass is 32.1. The van der Waals surface area contributed by atoms with E-state index in [1.807, 2.05) is 0 Å². The molecule has 3 N–H and O–H groups in total. The number of hydrogen-bond donors (Lipinski definition) is 5. The Morgan fingerprint density at radius 2 is 1.67 bits per heavy atom. The van der Waals surface area contributed by atoms with Crippen molar-refractivity contribution in [1.29, 1.82) is 0 Å². The van der Waals surface area contributed by atoms with Crippen molar-refractivity contribution in [2.75, 3.05) is 0 Å². The molecule has 0 saturated carbocycles. The van der Waals surface area contributed by atoms with E-state index >= 15 is 0 Å². The highest BCUT2D eigenvalue weighted by molar-refractivity contribution is 7.87. The summed E-state index contributed by atoms with van der Waals surface area (Å²) < 4.78 is -1.99. The molecule has 0 aromatic heterocycles. The Hall–Kier alpha value is -0.890. The molecule has 2 atom stereocenters. The lowest BCUT2D eigenvalue weighted by molar-refractivity contribution is -0.146. The topological polar surface area (TPSA) is 112 Å². The number of carboxylic acid groups (broad SMARTS) is 3. The maximum absolute atomic E-state index is 10.8. The molecule has 0 fully saturated rings. The lowest BCUT2D eigenvalue weighted by atomic mass is 9.97. The lowest BCUT2D eigenvalue weighted by Crippen LogP contribution is -2.46. The molecule has 0 aliphatic rings. The van der Waals surface area contributed by atoms with Gasteiger partial charge in [0.05, 0.1) is 0 Å². The molecule has 2 unspecified atom stereocenters. The predicted octanol–water partition coefficient (Wildman–Crippen LogP) is -0.0126. The van der Waals surface area contributed by atoms with Gasteiger partial charge in [-0.2, -0.15) is 25.3 Å². The summed E-state index contributed by atoms with van der Waals surface area (Å²) in [6.07, 6.45) is -0.901. The summed E-state index contributed by atoms with van der Waals surface area (Å²) in [5, 5.41) is 24.2. The van der Waals surface area contributed by atoms with Gasteiger partial charge in [-0.15, -0.1) is 0 Å². The summed E-state index contributed by atoms with van der Waals surface area (Å²) in [7, 11) is 0. The van der Waals surface area contributed by atoms with Gasteiger partial charge in [-0.3, -0.25) is 14.4 Å². The van der Waals surface area contributed by atoms with Crippen molar-refractivity contribution in [3.63, 3.8) is 0 Å². The first kappa shape index (κ1) is 14.1. The van der Waals surface area contributed by atoms with E-state index in [-0.39, 0.29) is 0 Å². The van der Waals surface area contributed by atoms with Crippen LogP contribution >= 0.6 is 25.3 Å². The molecule has 8 heteroatoms. The summed E-state index contributed by atoms with van der Waals surface area (Å²) in [5.41, 5.74) is 0. The quantitative estimate of drug-likeness (QED) is 0.426. The average molecular weight is 254 g/mol. The minimum atomic E-state index is -1.99. The van der Waals surface area contributed by atoms with E-state index in [1.165, 1.54) is 0 Å². The molecule has 0 bridgehead atoms. The average Bonchev–Trinajstić information content (AvgIpc) is 2.12. The van der Waals surface area contributed by atoms with Crippen LogP contribution in [0.5, 0.6) is 0 Å². The van der Waals surface area contributed by atoms with Crippen LogP contribution in [0.1, 0.15) is 12.8 Å². The van der Waals surface area contributed by atoms with Crippen molar-refractivity contribution >= 4 is 43.2 Å². The van der Waals surface area contributed by atoms with Crippen molar-refractivity contribution in [2.45, 2.75) is 22.8 Å². The molecular formula is C7H10O6S2. The Bertz CT molecular complexity index is 291. The Morgan fingerprint density at radius 1 is 1.20 bits per heavy atom. The monoisotopic (exact) mass is 254 g/mol. The van der Waals surface area contributed by atoms with Gasteiger partial charge in [0.2, 0.25) is 0 Å². The van der Waals surface area contributed by atoms with Crippen LogP contribution in [0.2, 0.25) is 0 Å². The zero-order chi connectivity index (χ0) is 12.2. The first-order valence-electron chi connectivity index (χ1n) is 3.80.